The van der Waals surface area contributed by atoms with Crippen molar-refractivity contribution >= 4 is 40.0 Å². The minimum Gasteiger partial charge on any atom is -0.322 e. The highest BCUT2D eigenvalue weighted by atomic mass is 35.5. The van der Waals surface area contributed by atoms with E-state index in [9.17, 15) is 9.00 Å². The van der Waals surface area contributed by atoms with E-state index in [4.69, 9.17) is 11.6 Å². The summed E-state index contributed by atoms with van der Waals surface area (Å²) >= 11 is 6.13. The van der Waals surface area contributed by atoms with Crippen molar-refractivity contribution in [3.63, 3.8) is 0 Å². The average Bonchev–Trinajstić information content (AvgIpc) is 3.15. The Kier molecular flexibility index (Phi) is 6.34. The lowest BCUT2D eigenvalue weighted by molar-refractivity contribution is -0.112. The number of benzene rings is 2. The summed E-state index contributed by atoms with van der Waals surface area (Å²) in [5, 5.41) is 7.86. The van der Waals surface area contributed by atoms with Crippen molar-refractivity contribution in [2.75, 3.05) is 10.0 Å². The van der Waals surface area contributed by atoms with Crippen LogP contribution < -0.4 is 10.0 Å². The van der Waals surface area contributed by atoms with Crippen LogP contribution in [0.1, 0.15) is 12.8 Å². The molecule has 0 saturated carbocycles. The van der Waals surface area contributed by atoms with Gasteiger partial charge in [0.2, 0.25) is 0 Å². The standard InChI is InChI=1S/C23H21ClN4O2S/c1-28-22(27-31(30)18-7-3-2-4-8-18)15-21(26-28)16-11-13-17(14-12-16)25-23(29)19-9-5-6-10-20(19)24/h2-4,7-15,27H,5-6H2,1H3,(H,25,29). The number of nitrogens with one attached hydrogen (secondary N) is 2. The molecule has 4 rings (SSSR count). The number of aryl methyl sites for hydroxylation is 1. The van der Waals surface area contributed by atoms with Crippen LogP contribution in [-0.4, -0.2) is 19.9 Å². The van der Waals surface area contributed by atoms with Crippen LogP contribution >= 0.6 is 11.6 Å². The third kappa shape index (κ3) is 4.95. The fourth-order valence-electron chi connectivity index (χ4n) is 3.17. The Hall–Kier alpha value is -3.16. The SMILES string of the molecule is Cn1nc(-c2ccc(NC(=O)C3=CCCC=C3Cl)cc2)cc1NS(=O)c1ccccc1. The zero-order valence-electron chi connectivity index (χ0n) is 16.8. The summed E-state index contributed by atoms with van der Waals surface area (Å²) in [5.74, 6) is 0.418. The predicted molar refractivity (Wildman–Crippen MR) is 125 cm³/mol. The van der Waals surface area contributed by atoms with Crippen LogP contribution in [0, 0.1) is 0 Å². The van der Waals surface area contributed by atoms with E-state index >= 15 is 0 Å². The van der Waals surface area contributed by atoms with Gasteiger partial charge in [-0.05, 0) is 37.1 Å². The van der Waals surface area contributed by atoms with Crippen molar-refractivity contribution in [3.05, 3.63) is 83.4 Å². The van der Waals surface area contributed by atoms with Crippen molar-refractivity contribution in [2.45, 2.75) is 17.7 Å². The molecule has 2 N–H and O–H groups in total. The number of nitrogens with zero attached hydrogens (tertiary/aromatic N) is 2. The number of halogens is 1. The maximum Gasteiger partial charge on any atom is 0.256 e. The summed E-state index contributed by atoms with van der Waals surface area (Å²) in [6, 6.07) is 18.4. The molecule has 1 atom stereocenters. The van der Waals surface area contributed by atoms with Gasteiger partial charge in [0.15, 0.2) is 11.0 Å². The molecule has 1 aliphatic carbocycles. The number of amides is 1. The Balaban J connectivity index is 1.45. The van der Waals surface area contributed by atoms with Crippen molar-refractivity contribution in [3.8, 4) is 11.3 Å². The lowest BCUT2D eigenvalue weighted by Crippen LogP contribution is -2.15. The van der Waals surface area contributed by atoms with Crippen molar-refractivity contribution < 1.29 is 9.00 Å². The van der Waals surface area contributed by atoms with Gasteiger partial charge in [-0.25, -0.2) is 4.21 Å². The van der Waals surface area contributed by atoms with E-state index in [1.807, 2.05) is 60.7 Å². The number of allylic oxidation sites excluding steroid dienone is 2. The van der Waals surface area contributed by atoms with E-state index in [-0.39, 0.29) is 5.91 Å². The van der Waals surface area contributed by atoms with Gasteiger partial charge in [-0.1, -0.05) is 54.1 Å². The molecule has 1 aromatic heterocycles. The van der Waals surface area contributed by atoms with Gasteiger partial charge in [0.25, 0.3) is 5.91 Å². The maximum absolute atomic E-state index is 12.5. The molecule has 8 heteroatoms. The molecule has 6 nitrogen and oxygen atoms in total. The summed E-state index contributed by atoms with van der Waals surface area (Å²) in [5.41, 5.74) is 2.78. The Bertz CT molecular complexity index is 1180. The molecule has 0 fully saturated rings. The number of carbonyl (C=O) groups is 1. The van der Waals surface area contributed by atoms with E-state index in [2.05, 4.69) is 15.1 Å². The van der Waals surface area contributed by atoms with Gasteiger partial charge in [0.05, 0.1) is 16.2 Å². The van der Waals surface area contributed by atoms with Gasteiger partial charge < -0.3 is 5.32 Å². The van der Waals surface area contributed by atoms with E-state index < -0.39 is 11.0 Å². The zero-order chi connectivity index (χ0) is 21.8. The van der Waals surface area contributed by atoms with E-state index in [0.717, 1.165) is 24.1 Å². The highest BCUT2D eigenvalue weighted by Gasteiger charge is 2.16. The van der Waals surface area contributed by atoms with Gasteiger partial charge in [0, 0.05) is 29.4 Å². The topological polar surface area (TPSA) is 76.0 Å². The summed E-state index contributed by atoms with van der Waals surface area (Å²) in [6.45, 7) is 0. The second kappa shape index (κ2) is 9.32. The van der Waals surface area contributed by atoms with E-state index in [1.165, 1.54) is 0 Å². The van der Waals surface area contributed by atoms with Gasteiger partial charge in [-0.3, -0.25) is 14.2 Å². The van der Waals surface area contributed by atoms with Crippen LogP contribution in [0.25, 0.3) is 11.3 Å². The quantitative estimate of drug-likeness (QED) is 0.552. The molecule has 31 heavy (non-hydrogen) atoms. The summed E-state index contributed by atoms with van der Waals surface area (Å²) in [6.07, 6.45) is 5.37. The average molecular weight is 453 g/mol. The first kappa shape index (κ1) is 21.1. The van der Waals surface area contributed by atoms with Gasteiger partial charge >= 0.3 is 0 Å². The fraction of sp³-hybridized carbons (Fsp3) is 0.130. The first-order chi connectivity index (χ1) is 15.0. The molecule has 1 unspecified atom stereocenters. The molecular formula is C23H21ClN4O2S. The largest absolute Gasteiger partial charge is 0.322 e. The summed E-state index contributed by atoms with van der Waals surface area (Å²) < 4.78 is 17.1. The van der Waals surface area contributed by atoms with Crippen LogP contribution in [-0.2, 0) is 22.8 Å². The first-order valence-electron chi connectivity index (χ1n) is 9.77. The third-order valence-corrected chi connectivity index (χ3v) is 6.27. The smallest absolute Gasteiger partial charge is 0.256 e. The molecule has 0 saturated heterocycles. The second-order valence-corrected chi connectivity index (χ2v) is 8.62. The van der Waals surface area contributed by atoms with Crippen LogP contribution in [0.5, 0.6) is 0 Å². The Morgan fingerprint density at radius 2 is 1.77 bits per heavy atom. The second-order valence-electron chi connectivity index (χ2n) is 7.00. The Morgan fingerprint density at radius 3 is 2.48 bits per heavy atom. The normalized spacial score (nSPS) is 14.4. The summed E-state index contributed by atoms with van der Waals surface area (Å²) in [7, 11) is 0.407. The number of aromatic nitrogens is 2. The van der Waals surface area contributed by atoms with Gasteiger partial charge in [-0.15, -0.1) is 0 Å². The first-order valence-corrected chi connectivity index (χ1v) is 11.3. The summed E-state index contributed by atoms with van der Waals surface area (Å²) in [4.78, 5) is 13.1. The van der Waals surface area contributed by atoms with Crippen LogP contribution in [0.2, 0.25) is 0 Å². The fourth-order valence-corrected chi connectivity index (χ4v) is 4.35. The molecule has 1 amide bonds. The molecule has 1 aliphatic rings. The third-order valence-electron chi connectivity index (χ3n) is 4.81. The number of rotatable bonds is 6. The van der Waals surface area contributed by atoms with E-state index in [1.54, 1.807) is 23.9 Å². The highest BCUT2D eigenvalue weighted by Crippen LogP contribution is 2.26. The number of hydrogen-bond acceptors (Lipinski definition) is 3. The predicted octanol–water partition coefficient (Wildman–Crippen LogP) is 5.00. The monoisotopic (exact) mass is 452 g/mol. The molecule has 2 aromatic carbocycles. The van der Waals surface area contributed by atoms with Crippen molar-refractivity contribution in [2.24, 2.45) is 7.05 Å². The number of carbonyl (C=O) groups excluding carboxylic acids is 1. The molecule has 0 radical (unpaired) electrons. The molecule has 0 bridgehead atoms. The van der Waals surface area contributed by atoms with Gasteiger partial charge in [0.1, 0.15) is 5.82 Å². The maximum atomic E-state index is 12.5. The molecular weight excluding hydrogens is 432 g/mol. The zero-order valence-corrected chi connectivity index (χ0v) is 18.4. The number of hydrogen-bond donors (Lipinski definition) is 2. The highest BCUT2D eigenvalue weighted by molar-refractivity contribution is 7.86. The van der Waals surface area contributed by atoms with Crippen LogP contribution in [0.15, 0.2) is 88.3 Å². The Morgan fingerprint density at radius 1 is 1.06 bits per heavy atom. The molecule has 1 heterocycles. The van der Waals surface area contributed by atoms with Crippen molar-refractivity contribution in [1.82, 2.24) is 9.78 Å². The van der Waals surface area contributed by atoms with E-state index in [0.29, 0.717) is 27.0 Å². The Labute approximate surface area is 188 Å². The van der Waals surface area contributed by atoms with Crippen LogP contribution in [0.4, 0.5) is 11.5 Å². The minimum atomic E-state index is -1.38. The number of anilines is 2. The van der Waals surface area contributed by atoms with Gasteiger partial charge in [-0.2, -0.15) is 5.10 Å². The van der Waals surface area contributed by atoms with Crippen LogP contribution in [0.3, 0.4) is 0 Å². The minimum absolute atomic E-state index is 0.221. The molecule has 0 aliphatic heterocycles. The molecule has 3 aromatic rings. The molecule has 158 valence electrons. The lowest BCUT2D eigenvalue weighted by atomic mass is 10.1. The van der Waals surface area contributed by atoms with Crippen molar-refractivity contribution in [1.29, 1.82) is 0 Å². The molecule has 0 spiro atoms. The lowest BCUT2D eigenvalue weighted by Gasteiger charge is -2.11.